The Bertz CT molecular complexity index is 659. The molecule has 0 aliphatic carbocycles. The molecule has 0 aromatic carbocycles. The van der Waals surface area contributed by atoms with Crippen LogP contribution in [0.3, 0.4) is 0 Å². The third-order valence-corrected chi connectivity index (χ3v) is 4.49. The number of aromatic nitrogens is 1. The maximum absolute atomic E-state index is 13.3. The molecule has 1 aromatic heterocycles. The van der Waals surface area contributed by atoms with E-state index in [1.165, 1.54) is 18.2 Å². The number of rotatable bonds is 4. The van der Waals surface area contributed by atoms with Crippen LogP contribution in [0.2, 0.25) is 0 Å². The number of likely N-dealkylation sites (N-methyl/N-ethyl adjacent to an activating group) is 1. The normalized spacial score (nSPS) is 20.2. The highest BCUT2D eigenvalue weighted by atomic mass is 19.4. The lowest BCUT2D eigenvalue weighted by Gasteiger charge is -2.32. The largest absolute Gasteiger partial charge is 0.491 e. The Morgan fingerprint density at radius 2 is 1.80 bits per heavy atom. The van der Waals surface area contributed by atoms with Crippen molar-refractivity contribution in [2.45, 2.75) is 45.1 Å². The van der Waals surface area contributed by atoms with Crippen molar-refractivity contribution >= 4 is 19.0 Å². The number of alkyl halides is 3. The average molecular weight is 357 g/mol. The van der Waals surface area contributed by atoms with Crippen molar-refractivity contribution in [1.29, 1.82) is 0 Å². The average Bonchev–Trinajstić information content (AvgIpc) is 2.67. The van der Waals surface area contributed by atoms with Gasteiger partial charge in [0.2, 0.25) is 0 Å². The molecule has 1 aliphatic rings. The van der Waals surface area contributed by atoms with Crippen LogP contribution in [0, 0.1) is 0 Å². The fourth-order valence-electron chi connectivity index (χ4n) is 2.43. The molecule has 9 heteroatoms. The summed E-state index contributed by atoms with van der Waals surface area (Å²) in [6.45, 7) is 7.84. The molecule has 0 bridgehead atoms. The van der Waals surface area contributed by atoms with E-state index in [0.29, 0.717) is 12.0 Å². The second-order valence-electron chi connectivity index (χ2n) is 7.01. The van der Waals surface area contributed by atoms with Gasteiger partial charge in [0.25, 0.3) is 0 Å². The SMILES string of the molecule is CNCC(=Cc1ccc(N)nc1C(F)(F)F)B1OC(C)(C)C(C)(C)O1. The van der Waals surface area contributed by atoms with Gasteiger partial charge in [0.15, 0.2) is 5.69 Å². The second-order valence-corrected chi connectivity index (χ2v) is 7.01. The Hall–Kier alpha value is -1.58. The molecular formula is C16H23BF3N3O2. The third-order valence-electron chi connectivity index (χ3n) is 4.49. The summed E-state index contributed by atoms with van der Waals surface area (Å²) < 4.78 is 51.7. The molecule has 0 spiro atoms. The van der Waals surface area contributed by atoms with Crippen LogP contribution in [-0.2, 0) is 15.5 Å². The van der Waals surface area contributed by atoms with Gasteiger partial charge in [0.05, 0.1) is 11.2 Å². The summed E-state index contributed by atoms with van der Waals surface area (Å²) in [6, 6.07) is 2.63. The number of nitrogens with one attached hydrogen (secondary N) is 1. The zero-order chi connectivity index (χ0) is 19.0. The number of hydrogen-bond donors (Lipinski definition) is 2. The first kappa shape index (κ1) is 19.7. The molecule has 2 heterocycles. The van der Waals surface area contributed by atoms with Gasteiger partial charge in [-0.15, -0.1) is 0 Å². The smallest absolute Gasteiger partial charge is 0.400 e. The van der Waals surface area contributed by atoms with Crippen LogP contribution in [0.4, 0.5) is 19.0 Å². The highest BCUT2D eigenvalue weighted by Gasteiger charge is 2.52. The molecule has 25 heavy (non-hydrogen) atoms. The van der Waals surface area contributed by atoms with Crippen LogP contribution in [0.15, 0.2) is 17.6 Å². The van der Waals surface area contributed by atoms with E-state index in [1.807, 2.05) is 27.7 Å². The summed E-state index contributed by atoms with van der Waals surface area (Å²) in [5, 5.41) is 2.93. The molecule has 0 unspecified atom stereocenters. The van der Waals surface area contributed by atoms with Gasteiger partial charge in [-0.2, -0.15) is 13.2 Å². The molecule has 0 amide bonds. The highest BCUT2D eigenvalue weighted by molar-refractivity contribution is 6.55. The number of halogens is 3. The van der Waals surface area contributed by atoms with E-state index in [1.54, 1.807) is 7.05 Å². The number of nitrogens with zero attached hydrogens (tertiary/aromatic N) is 1. The number of nitrogen functional groups attached to an aromatic ring is 1. The van der Waals surface area contributed by atoms with Gasteiger partial charge >= 0.3 is 13.3 Å². The lowest BCUT2D eigenvalue weighted by molar-refractivity contribution is -0.141. The molecule has 3 N–H and O–H groups in total. The first-order valence-corrected chi connectivity index (χ1v) is 7.92. The molecule has 0 radical (unpaired) electrons. The molecule has 5 nitrogen and oxygen atoms in total. The lowest BCUT2D eigenvalue weighted by atomic mass is 9.77. The Labute approximate surface area is 145 Å². The Morgan fingerprint density at radius 1 is 1.24 bits per heavy atom. The minimum atomic E-state index is -4.61. The zero-order valence-corrected chi connectivity index (χ0v) is 15.0. The molecule has 2 rings (SSSR count). The van der Waals surface area contributed by atoms with E-state index < -0.39 is 30.2 Å². The lowest BCUT2D eigenvalue weighted by Crippen LogP contribution is -2.41. The van der Waals surface area contributed by atoms with Gasteiger partial charge in [0.1, 0.15) is 5.82 Å². The van der Waals surface area contributed by atoms with E-state index in [0.717, 1.165) is 0 Å². The van der Waals surface area contributed by atoms with Crippen molar-refractivity contribution in [2.24, 2.45) is 0 Å². The van der Waals surface area contributed by atoms with E-state index in [9.17, 15) is 13.2 Å². The van der Waals surface area contributed by atoms with Crippen LogP contribution in [0.1, 0.15) is 39.0 Å². The number of anilines is 1. The van der Waals surface area contributed by atoms with Crippen molar-refractivity contribution in [3.63, 3.8) is 0 Å². The van der Waals surface area contributed by atoms with Gasteiger partial charge < -0.3 is 20.4 Å². The van der Waals surface area contributed by atoms with Crippen molar-refractivity contribution in [3.8, 4) is 0 Å². The molecule has 1 fully saturated rings. The first-order valence-electron chi connectivity index (χ1n) is 7.92. The highest BCUT2D eigenvalue weighted by Crippen LogP contribution is 2.39. The van der Waals surface area contributed by atoms with E-state index in [4.69, 9.17) is 15.0 Å². The quantitative estimate of drug-likeness (QED) is 0.811. The maximum Gasteiger partial charge on any atom is 0.491 e. The van der Waals surface area contributed by atoms with E-state index >= 15 is 0 Å². The number of pyridine rings is 1. The van der Waals surface area contributed by atoms with Crippen molar-refractivity contribution in [2.75, 3.05) is 19.3 Å². The van der Waals surface area contributed by atoms with Gasteiger partial charge in [0, 0.05) is 12.1 Å². The van der Waals surface area contributed by atoms with Crippen LogP contribution in [0.5, 0.6) is 0 Å². The fourth-order valence-corrected chi connectivity index (χ4v) is 2.43. The topological polar surface area (TPSA) is 69.4 Å². The van der Waals surface area contributed by atoms with Crippen LogP contribution in [0.25, 0.3) is 6.08 Å². The number of nitrogens with two attached hydrogens (primary N) is 1. The molecule has 0 saturated carbocycles. The predicted octanol–water partition coefficient (Wildman–Crippen LogP) is 2.92. The third kappa shape index (κ3) is 4.16. The van der Waals surface area contributed by atoms with Gasteiger partial charge in [-0.05, 0) is 52.3 Å². The van der Waals surface area contributed by atoms with Gasteiger partial charge in [-0.25, -0.2) is 4.98 Å². The van der Waals surface area contributed by atoms with Crippen molar-refractivity contribution in [3.05, 3.63) is 28.9 Å². The van der Waals surface area contributed by atoms with Crippen molar-refractivity contribution < 1.29 is 22.5 Å². The molecule has 1 saturated heterocycles. The summed E-state index contributed by atoms with van der Waals surface area (Å²) >= 11 is 0. The summed E-state index contributed by atoms with van der Waals surface area (Å²) in [7, 11) is 0.946. The van der Waals surface area contributed by atoms with Crippen LogP contribution >= 0.6 is 0 Å². The Balaban J connectivity index is 2.46. The zero-order valence-electron chi connectivity index (χ0n) is 15.0. The second kappa shape index (κ2) is 6.62. The maximum atomic E-state index is 13.3. The first-order chi connectivity index (χ1) is 11.4. The molecule has 0 atom stereocenters. The summed E-state index contributed by atoms with van der Waals surface area (Å²) in [5.74, 6) is -0.185. The summed E-state index contributed by atoms with van der Waals surface area (Å²) in [6.07, 6.45) is -3.21. The van der Waals surface area contributed by atoms with Crippen LogP contribution in [-0.4, -0.2) is 36.9 Å². The van der Waals surface area contributed by atoms with Crippen molar-refractivity contribution in [1.82, 2.24) is 10.3 Å². The summed E-state index contributed by atoms with van der Waals surface area (Å²) in [4.78, 5) is 3.45. The molecular weight excluding hydrogens is 334 g/mol. The molecule has 1 aromatic rings. The predicted molar refractivity (Wildman–Crippen MR) is 91.6 cm³/mol. The van der Waals surface area contributed by atoms with E-state index in [-0.39, 0.29) is 11.4 Å². The Morgan fingerprint density at radius 3 is 2.28 bits per heavy atom. The van der Waals surface area contributed by atoms with E-state index in [2.05, 4.69) is 10.3 Å². The standard InChI is InChI=1S/C16H23BF3N3O2/c1-14(2)15(3,4)25-17(24-14)11(9-22-5)8-10-6-7-12(21)23-13(10)16(18,19)20/h6-8,22H,9H2,1-5H3,(H2,21,23). The van der Waals surface area contributed by atoms with Gasteiger partial charge in [-0.1, -0.05) is 6.08 Å². The fraction of sp³-hybridized carbons (Fsp3) is 0.562. The Kier molecular flexibility index (Phi) is 5.23. The number of hydrogen-bond acceptors (Lipinski definition) is 5. The minimum absolute atomic E-state index is 0.0818. The van der Waals surface area contributed by atoms with Gasteiger partial charge in [-0.3, -0.25) is 0 Å². The molecule has 138 valence electrons. The monoisotopic (exact) mass is 357 g/mol. The summed E-state index contributed by atoms with van der Waals surface area (Å²) in [5.41, 5.74) is 3.67. The molecule has 1 aliphatic heterocycles. The van der Waals surface area contributed by atoms with Crippen LogP contribution < -0.4 is 11.1 Å². The minimum Gasteiger partial charge on any atom is -0.400 e.